The van der Waals surface area contributed by atoms with Crippen LogP contribution in [-0.4, -0.2) is 46.4 Å². The molecular weight excluding hydrogens is 702 g/mol. The van der Waals surface area contributed by atoms with Crippen molar-refractivity contribution < 1.29 is 22.7 Å². The lowest BCUT2D eigenvalue weighted by Crippen LogP contribution is -2.25. The summed E-state index contributed by atoms with van der Waals surface area (Å²) < 4.78 is 35.0. The molecule has 0 saturated carbocycles. The lowest BCUT2D eigenvalue weighted by molar-refractivity contribution is 0.00836. The number of hydrogen-bond donors (Lipinski definition) is 3. The fraction of sp³-hybridized carbons (Fsp3) is 0.368. The number of fused-ring (bicyclic) bond motifs is 2. The van der Waals surface area contributed by atoms with E-state index in [1.807, 2.05) is 26.0 Å². The number of furan rings is 2. The maximum absolute atomic E-state index is 13.6. The molecule has 0 unspecified atom stereocenters. The van der Waals surface area contributed by atoms with Gasteiger partial charge in [0.2, 0.25) is 17.4 Å². The van der Waals surface area contributed by atoms with Gasteiger partial charge in [0.15, 0.2) is 0 Å². The number of ether oxygens (including phenoxy) is 2. The summed E-state index contributed by atoms with van der Waals surface area (Å²) >= 11 is 0. The third-order valence-electron chi connectivity index (χ3n) is 8.82. The summed E-state index contributed by atoms with van der Waals surface area (Å²) in [6.45, 7) is 11.0. The summed E-state index contributed by atoms with van der Waals surface area (Å²) in [4.78, 5) is 16.0. The number of aromatic nitrogens is 4. The SMILES string of the molecule is C.C.Cc1cc2c(N[C@@H](C)c3ccc(C4COC4)cc3)nc(F)nc2o1.Cc1cc2c(N[C@@H](C)c3ccc(C4COC4)cc3)nc(N)nc2o1.S.S. The maximum atomic E-state index is 13.6. The highest BCUT2D eigenvalue weighted by Gasteiger charge is 2.22. The van der Waals surface area contributed by atoms with Crippen LogP contribution in [0.1, 0.15) is 86.4 Å². The number of aryl methyl sites for hydroxylation is 2. The van der Waals surface area contributed by atoms with Gasteiger partial charge in [-0.3, -0.25) is 0 Å². The Morgan fingerprint density at radius 1 is 0.654 bits per heavy atom. The van der Waals surface area contributed by atoms with Crippen LogP contribution in [0.2, 0.25) is 0 Å². The van der Waals surface area contributed by atoms with Gasteiger partial charge < -0.3 is 34.7 Å². The highest BCUT2D eigenvalue weighted by Crippen LogP contribution is 2.31. The second-order valence-electron chi connectivity index (χ2n) is 12.5. The Labute approximate surface area is 318 Å². The van der Waals surface area contributed by atoms with E-state index in [0.29, 0.717) is 40.3 Å². The van der Waals surface area contributed by atoms with Crippen molar-refractivity contribution in [2.75, 3.05) is 42.8 Å². The van der Waals surface area contributed by atoms with Crippen molar-refractivity contribution in [3.8, 4) is 0 Å². The summed E-state index contributed by atoms with van der Waals surface area (Å²) in [5.74, 6) is 3.84. The van der Waals surface area contributed by atoms with E-state index in [2.05, 4.69) is 86.0 Å². The van der Waals surface area contributed by atoms with Gasteiger partial charge in [-0.25, -0.2) is 0 Å². The van der Waals surface area contributed by atoms with Crippen LogP contribution in [-0.2, 0) is 9.47 Å². The van der Waals surface area contributed by atoms with Gasteiger partial charge >= 0.3 is 6.08 Å². The molecule has 6 heterocycles. The van der Waals surface area contributed by atoms with Crippen LogP contribution in [0.4, 0.5) is 22.0 Å². The fourth-order valence-corrected chi connectivity index (χ4v) is 5.84. The molecular formula is C38H50FN7O4S2. The van der Waals surface area contributed by atoms with Crippen molar-refractivity contribution in [3.05, 3.63) is 101 Å². The minimum Gasteiger partial charge on any atom is -0.443 e. The number of nitrogen functional groups attached to an aromatic ring is 1. The number of nitrogens with one attached hydrogen (secondary N) is 2. The van der Waals surface area contributed by atoms with E-state index in [-0.39, 0.29) is 65.6 Å². The van der Waals surface area contributed by atoms with Crippen LogP contribution in [0.3, 0.4) is 0 Å². The summed E-state index contributed by atoms with van der Waals surface area (Å²) in [6, 6.07) is 20.8. The third kappa shape index (κ3) is 9.16. The first kappa shape index (κ1) is 42.0. The van der Waals surface area contributed by atoms with E-state index in [0.717, 1.165) is 43.1 Å². The molecule has 0 amide bonds. The van der Waals surface area contributed by atoms with Crippen molar-refractivity contribution in [1.82, 2.24) is 19.9 Å². The van der Waals surface area contributed by atoms with Gasteiger partial charge in [-0.1, -0.05) is 63.4 Å². The fourth-order valence-electron chi connectivity index (χ4n) is 5.84. The smallest absolute Gasteiger partial charge is 0.313 e. The second-order valence-corrected chi connectivity index (χ2v) is 12.5. The lowest BCUT2D eigenvalue weighted by Gasteiger charge is -2.26. The van der Waals surface area contributed by atoms with Gasteiger partial charge in [0.1, 0.15) is 23.2 Å². The van der Waals surface area contributed by atoms with Crippen LogP contribution in [0.5, 0.6) is 0 Å². The molecule has 2 aromatic carbocycles. The highest BCUT2D eigenvalue weighted by molar-refractivity contribution is 7.59. The van der Waals surface area contributed by atoms with Crippen molar-refractivity contribution in [3.63, 3.8) is 0 Å². The van der Waals surface area contributed by atoms with E-state index >= 15 is 0 Å². The molecule has 0 aliphatic carbocycles. The van der Waals surface area contributed by atoms with Gasteiger partial charge in [-0.05, 0) is 62.1 Å². The van der Waals surface area contributed by atoms with E-state index < -0.39 is 6.08 Å². The molecule has 14 heteroatoms. The summed E-state index contributed by atoms with van der Waals surface area (Å²) in [7, 11) is 0. The predicted octanol–water partition coefficient (Wildman–Crippen LogP) is 8.86. The zero-order valence-electron chi connectivity index (χ0n) is 28.3. The van der Waals surface area contributed by atoms with Crippen molar-refractivity contribution in [2.45, 2.75) is 66.5 Å². The first-order valence-corrected chi connectivity index (χ1v) is 16.1. The maximum Gasteiger partial charge on any atom is 0.313 e. The third-order valence-corrected chi connectivity index (χ3v) is 8.82. The van der Waals surface area contributed by atoms with Crippen LogP contribution in [0, 0.1) is 19.9 Å². The molecule has 2 aliphatic rings. The first-order valence-electron chi connectivity index (χ1n) is 16.1. The monoisotopic (exact) mass is 751 g/mol. The number of hydrogen-bond acceptors (Lipinski definition) is 11. The molecule has 2 atom stereocenters. The molecule has 0 spiro atoms. The average Bonchev–Trinajstić information content (AvgIpc) is 3.57. The van der Waals surface area contributed by atoms with Crippen molar-refractivity contribution in [2.24, 2.45) is 0 Å². The van der Waals surface area contributed by atoms with Crippen molar-refractivity contribution in [1.29, 1.82) is 0 Å². The quantitative estimate of drug-likeness (QED) is 0.128. The molecule has 0 bridgehead atoms. The highest BCUT2D eigenvalue weighted by atomic mass is 32.1. The topological polar surface area (TPSA) is 146 Å². The summed E-state index contributed by atoms with van der Waals surface area (Å²) in [6.07, 6.45) is -0.799. The van der Waals surface area contributed by atoms with E-state index in [4.69, 9.17) is 24.0 Å². The first-order chi connectivity index (χ1) is 23.2. The standard InChI is InChI=1S/C18H18FN3O2.C18H20N4O2.2CH4.2H2S/c2*1-10-7-15-16(21-18(19)22-17(15)24-10)20-11(2)12-3-5-13(6-4-12)14-8-23-9-14;;;;/h3-7,11,14H,8-9H2,1-2H3,(H,20,21,22);3-7,11,14H,8-9H2,1-2H3,(H3,19,20,21,22);2*1H4;2*1H2/t2*11-;;;;/m00..../s1. The molecule has 0 radical (unpaired) electrons. The van der Waals surface area contributed by atoms with Crippen LogP contribution < -0.4 is 16.4 Å². The summed E-state index contributed by atoms with van der Waals surface area (Å²) in [5.41, 5.74) is 11.5. The van der Waals surface area contributed by atoms with Gasteiger partial charge in [0.25, 0.3) is 0 Å². The molecule has 6 aromatic rings. The minimum absolute atomic E-state index is 0. The van der Waals surface area contributed by atoms with Gasteiger partial charge in [0.05, 0.1) is 37.2 Å². The van der Waals surface area contributed by atoms with Gasteiger partial charge in [0, 0.05) is 23.9 Å². The molecule has 8 rings (SSSR count). The van der Waals surface area contributed by atoms with E-state index in [1.54, 1.807) is 6.92 Å². The average molecular weight is 752 g/mol. The second kappa shape index (κ2) is 17.9. The largest absolute Gasteiger partial charge is 0.443 e. The number of nitrogens with two attached hydrogens (primary N) is 1. The number of rotatable bonds is 8. The number of nitrogens with zero attached hydrogens (tertiary/aromatic N) is 4. The molecule has 280 valence electrons. The predicted molar refractivity (Wildman–Crippen MR) is 216 cm³/mol. The van der Waals surface area contributed by atoms with Crippen molar-refractivity contribution >= 4 is 66.8 Å². The van der Waals surface area contributed by atoms with E-state index in [9.17, 15) is 4.39 Å². The molecule has 4 N–H and O–H groups in total. The normalized spacial score (nSPS) is 14.9. The Morgan fingerprint density at radius 2 is 1.06 bits per heavy atom. The Balaban J connectivity index is 0.000000260. The Kier molecular flexibility index (Phi) is 14.5. The Hall–Kier alpha value is -4.37. The molecule has 2 saturated heterocycles. The molecule has 2 fully saturated rings. The number of anilines is 3. The molecule has 11 nitrogen and oxygen atoms in total. The number of benzene rings is 2. The van der Waals surface area contributed by atoms with E-state index in [1.165, 1.54) is 16.7 Å². The Morgan fingerprint density at radius 3 is 1.46 bits per heavy atom. The van der Waals surface area contributed by atoms with Gasteiger partial charge in [-0.2, -0.15) is 51.3 Å². The van der Waals surface area contributed by atoms with Crippen LogP contribution >= 0.6 is 27.0 Å². The van der Waals surface area contributed by atoms with Gasteiger partial charge in [-0.15, -0.1) is 0 Å². The zero-order valence-corrected chi connectivity index (χ0v) is 30.3. The molecule has 4 aromatic heterocycles. The minimum atomic E-state index is -0.799. The molecule has 2 aliphatic heterocycles. The Bertz CT molecular complexity index is 1900. The molecule has 52 heavy (non-hydrogen) atoms. The lowest BCUT2D eigenvalue weighted by atomic mass is 9.95. The number of halogens is 1. The van der Waals surface area contributed by atoms with Crippen LogP contribution in [0.15, 0.2) is 69.5 Å². The summed E-state index contributed by atoms with van der Waals surface area (Å²) in [5, 5.41) is 8.20. The van der Waals surface area contributed by atoms with Crippen LogP contribution in [0.25, 0.3) is 22.2 Å². The zero-order chi connectivity index (χ0) is 33.4.